The predicted molar refractivity (Wildman–Crippen MR) is 61.2 cm³/mol. The molecule has 1 aromatic rings. The lowest BCUT2D eigenvalue weighted by Gasteiger charge is -2.22. The molecule has 7 heteroatoms. The van der Waals surface area contributed by atoms with Crippen molar-refractivity contribution >= 4 is 11.7 Å². The van der Waals surface area contributed by atoms with Gasteiger partial charge in [0.25, 0.3) is 5.91 Å². The fraction of sp³-hybridized carbons (Fsp3) is 0.500. The van der Waals surface area contributed by atoms with E-state index in [1.54, 1.807) is 11.9 Å². The van der Waals surface area contributed by atoms with Gasteiger partial charge < -0.3 is 15.1 Å². The summed E-state index contributed by atoms with van der Waals surface area (Å²) in [6.45, 7) is 1.28. The average Bonchev–Trinajstić information content (AvgIpc) is 2.91. The van der Waals surface area contributed by atoms with E-state index >= 15 is 0 Å². The Morgan fingerprint density at radius 1 is 1.59 bits per heavy atom. The summed E-state index contributed by atoms with van der Waals surface area (Å²) >= 11 is 0. The van der Waals surface area contributed by atoms with Crippen molar-refractivity contribution in [3.8, 4) is 0 Å². The number of carbonyl (C=O) groups excluding carboxylic acids is 1. The van der Waals surface area contributed by atoms with Gasteiger partial charge in [-0.1, -0.05) is 0 Å². The summed E-state index contributed by atoms with van der Waals surface area (Å²) in [5.41, 5.74) is 2.66. The molecule has 7 nitrogen and oxygen atoms in total. The molecule has 3 N–H and O–H groups in total. The maximum atomic E-state index is 12.0. The van der Waals surface area contributed by atoms with Crippen molar-refractivity contribution in [1.82, 2.24) is 14.9 Å². The number of nitrogens with two attached hydrogens (primary N) is 1. The maximum absolute atomic E-state index is 12.0. The highest BCUT2D eigenvalue weighted by Gasteiger charge is 2.25. The topological polar surface area (TPSA) is 93.4 Å². The summed E-state index contributed by atoms with van der Waals surface area (Å²) in [5, 5.41) is 0. The van der Waals surface area contributed by atoms with Gasteiger partial charge in [-0.3, -0.25) is 4.79 Å². The van der Waals surface area contributed by atoms with Crippen molar-refractivity contribution in [2.24, 2.45) is 5.84 Å². The predicted octanol–water partition coefficient (Wildman–Crippen LogP) is -0.377. The SMILES string of the molecule is CN(C(=O)c1cnc(NN)cn1)C1CCOC1. The smallest absolute Gasteiger partial charge is 0.274 e. The van der Waals surface area contributed by atoms with Crippen molar-refractivity contribution < 1.29 is 9.53 Å². The van der Waals surface area contributed by atoms with Crippen molar-refractivity contribution in [1.29, 1.82) is 0 Å². The number of nitrogens with zero attached hydrogens (tertiary/aromatic N) is 3. The number of aromatic nitrogens is 2. The molecule has 1 aliphatic rings. The molecule has 1 fully saturated rings. The van der Waals surface area contributed by atoms with Gasteiger partial charge >= 0.3 is 0 Å². The molecule has 0 aromatic carbocycles. The van der Waals surface area contributed by atoms with Crippen LogP contribution in [-0.4, -0.2) is 47.1 Å². The number of hydrazine groups is 1. The number of likely N-dealkylation sites (N-methyl/N-ethyl adjacent to an activating group) is 1. The maximum Gasteiger partial charge on any atom is 0.274 e. The molecule has 0 bridgehead atoms. The van der Waals surface area contributed by atoms with E-state index in [0.29, 0.717) is 24.7 Å². The van der Waals surface area contributed by atoms with Crippen LogP contribution in [0.2, 0.25) is 0 Å². The van der Waals surface area contributed by atoms with E-state index in [1.165, 1.54) is 12.4 Å². The van der Waals surface area contributed by atoms with E-state index < -0.39 is 0 Å². The van der Waals surface area contributed by atoms with Crippen LogP contribution in [0.1, 0.15) is 16.9 Å². The van der Waals surface area contributed by atoms with Crippen LogP contribution in [0.5, 0.6) is 0 Å². The van der Waals surface area contributed by atoms with Crippen molar-refractivity contribution in [2.45, 2.75) is 12.5 Å². The van der Waals surface area contributed by atoms with Gasteiger partial charge in [0.1, 0.15) is 5.69 Å². The van der Waals surface area contributed by atoms with Crippen LogP contribution in [0.25, 0.3) is 0 Å². The number of carbonyl (C=O) groups is 1. The first-order valence-corrected chi connectivity index (χ1v) is 5.36. The third-order valence-corrected chi connectivity index (χ3v) is 2.79. The van der Waals surface area contributed by atoms with Crippen LogP contribution in [0.15, 0.2) is 12.4 Å². The third kappa shape index (κ3) is 2.51. The first kappa shape index (κ1) is 11.7. The molecule has 0 aliphatic carbocycles. The van der Waals surface area contributed by atoms with Gasteiger partial charge in [-0.25, -0.2) is 15.8 Å². The molecule has 1 unspecified atom stereocenters. The second kappa shape index (κ2) is 5.07. The van der Waals surface area contributed by atoms with Crippen LogP contribution in [0.3, 0.4) is 0 Å². The number of amides is 1. The zero-order valence-corrected chi connectivity index (χ0v) is 9.59. The standard InChI is InChI=1S/C10H15N5O2/c1-15(7-2-3-17-6-7)10(16)8-4-13-9(14-11)5-12-8/h4-5,7H,2-3,6,11H2,1H3,(H,13,14). The summed E-state index contributed by atoms with van der Waals surface area (Å²) in [5.74, 6) is 5.44. The molecular formula is C10H15N5O2. The molecular weight excluding hydrogens is 222 g/mol. The molecule has 92 valence electrons. The lowest BCUT2D eigenvalue weighted by atomic mass is 10.2. The summed E-state index contributed by atoms with van der Waals surface area (Å²) in [6, 6.07) is 0.122. The van der Waals surface area contributed by atoms with Crippen LogP contribution >= 0.6 is 0 Å². The summed E-state index contributed by atoms with van der Waals surface area (Å²) in [4.78, 5) is 21.6. The average molecular weight is 237 g/mol. The Morgan fingerprint density at radius 3 is 2.94 bits per heavy atom. The monoisotopic (exact) mass is 237 g/mol. The largest absolute Gasteiger partial charge is 0.379 e. The lowest BCUT2D eigenvalue weighted by molar-refractivity contribution is 0.0705. The van der Waals surface area contributed by atoms with E-state index in [4.69, 9.17) is 10.6 Å². The molecule has 0 saturated carbocycles. The molecule has 1 atom stereocenters. The highest BCUT2D eigenvalue weighted by atomic mass is 16.5. The molecule has 0 spiro atoms. The van der Waals surface area contributed by atoms with Gasteiger partial charge in [-0.05, 0) is 6.42 Å². The van der Waals surface area contributed by atoms with Crippen LogP contribution in [0, 0.1) is 0 Å². The van der Waals surface area contributed by atoms with E-state index in [-0.39, 0.29) is 11.9 Å². The third-order valence-electron chi connectivity index (χ3n) is 2.79. The highest BCUT2D eigenvalue weighted by molar-refractivity contribution is 5.92. The number of ether oxygens (including phenoxy) is 1. The molecule has 2 heterocycles. The first-order chi connectivity index (χ1) is 8.22. The van der Waals surface area contributed by atoms with Crippen molar-refractivity contribution in [2.75, 3.05) is 25.7 Å². The number of rotatable bonds is 3. The van der Waals surface area contributed by atoms with E-state index in [0.717, 1.165) is 6.42 Å². The van der Waals surface area contributed by atoms with Gasteiger partial charge in [-0.2, -0.15) is 0 Å². The summed E-state index contributed by atoms with van der Waals surface area (Å²) < 4.78 is 5.24. The Hall–Kier alpha value is -1.73. The molecule has 1 amide bonds. The Kier molecular flexibility index (Phi) is 3.50. The Morgan fingerprint density at radius 2 is 2.41 bits per heavy atom. The number of nitrogen functional groups attached to an aromatic ring is 1. The van der Waals surface area contributed by atoms with E-state index in [9.17, 15) is 4.79 Å². The Balaban J connectivity index is 2.07. The molecule has 1 saturated heterocycles. The first-order valence-electron chi connectivity index (χ1n) is 5.36. The van der Waals surface area contributed by atoms with E-state index in [1.807, 2.05) is 0 Å². The minimum absolute atomic E-state index is 0.122. The minimum atomic E-state index is -0.156. The number of nitrogens with one attached hydrogen (secondary N) is 1. The Bertz CT molecular complexity index is 388. The Labute approximate surface area is 98.9 Å². The zero-order chi connectivity index (χ0) is 12.3. The van der Waals surface area contributed by atoms with Crippen LogP contribution < -0.4 is 11.3 Å². The van der Waals surface area contributed by atoms with Gasteiger partial charge in [0.2, 0.25) is 0 Å². The quantitative estimate of drug-likeness (QED) is 0.550. The van der Waals surface area contributed by atoms with Gasteiger partial charge in [0.15, 0.2) is 5.82 Å². The fourth-order valence-electron chi connectivity index (χ4n) is 1.69. The van der Waals surface area contributed by atoms with Crippen molar-refractivity contribution in [3.63, 3.8) is 0 Å². The number of hydrogen-bond acceptors (Lipinski definition) is 6. The van der Waals surface area contributed by atoms with Gasteiger partial charge in [-0.15, -0.1) is 0 Å². The second-order valence-electron chi connectivity index (χ2n) is 3.86. The van der Waals surface area contributed by atoms with E-state index in [2.05, 4.69) is 15.4 Å². The van der Waals surface area contributed by atoms with Crippen LogP contribution in [-0.2, 0) is 4.74 Å². The van der Waals surface area contributed by atoms with Crippen molar-refractivity contribution in [3.05, 3.63) is 18.1 Å². The molecule has 0 radical (unpaired) electrons. The van der Waals surface area contributed by atoms with Gasteiger partial charge in [0.05, 0.1) is 25.0 Å². The number of hydrogen-bond donors (Lipinski definition) is 2. The molecule has 17 heavy (non-hydrogen) atoms. The minimum Gasteiger partial charge on any atom is -0.379 e. The second-order valence-corrected chi connectivity index (χ2v) is 3.86. The highest BCUT2D eigenvalue weighted by Crippen LogP contribution is 2.13. The lowest BCUT2D eigenvalue weighted by Crippen LogP contribution is -2.37. The fourth-order valence-corrected chi connectivity index (χ4v) is 1.69. The molecule has 1 aliphatic heterocycles. The van der Waals surface area contributed by atoms with Gasteiger partial charge in [0, 0.05) is 13.7 Å². The molecule has 1 aromatic heterocycles. The molecule has 2 rings (SSSR count). The summed E-state index contributed by atoms with van der Waals surface area (Å²) in [7, 11) is 1.75. The zero-order valence-electron chi connectivity index (χ0n) is 9.59. The summed E-state index contributed by atoms with van der Waals surface area (Å²) in [6.07, 6.45) is 3.69. The number of anilines is 1. The van der Waals surface area contributed by atoms with Crippen LogP contribution in [0.4, 0.5) is 5.82 Å². The normalized spacial score (nSPS) is 19.1.